The quantitative estimate of drug-likeness (QED) is 0.357. The summed E-state index contributed by atoms with van der Waals surface area (Å²) >= 11 is 1.42. The molecule has 11 heteroatoms. The third-order valence-corrected chi connectivity index (χ3v) is 8.22. The summed E-state index contributed by atoms with van der Waals surface area (Å²) in [7, 11) is 0. The molecular weight excluding hydrogens is 462 g/mol. The number of aliphatic hydroxyl groups is 1. The highest BCUT2D eigenvalue weighted by atomic mass is 32.2. The molecule has 1 aromatic rings. The van der Waals surface area contributed by atoms with Crippen LogP contribution in [-0.2, 0) is 14.4 Å². The van der Waals surface area contributed by atoms with Crippen molar-refractivity contribution in [1.82, 2.24) is 10.2 Å². The number of hydrogen-bond donors (Lipinski definition) is 5. The van der Waals surface area contributed by atoms with Crippen molar-refractivity contribution in [3.8, 4) is 0 Å². The second-order valence-corrected chi connectivity index (χ2v) is 10.3. The average Bonchev–Trinajstić information content (AvgIpc) is 3.02. The Labute approximate surface area is 200 Å². The van der Waals surface area contributed by atoms with Gasteiger partial charge >= 0.3 is 11.9 Å². The number of aromatic carboxylic acids is 1. The van der Waals surface area contributed by atoms with Gasteiger partial charge in [0, 0.05) is 28.3 Å². The number of thioether (sulfide) groups is 1. The van der Waals surface area contributed by atoms with Crippen molar-refractivity contribution in [3.63, 3.8) is 0 Å². The molecule has 34 heavy (non-hydrogen) atoms. The van der Waals surface area contributed by atoms with Gasteiger partial charge in [0.1, 0.15) is 5.70 Å². The van der Waals surface area contributed by atoms with E-state index in [4.69, 9.17) is 5.11 Å². The minimum atomic E-state index is -1.15. The molecule has 2 amide bonds. The van der Waals surface area contributed by atoms with Crippen molar-refractivity contribution in [2.75, 3.05) is 11.9 Å². The van der Waals surface area contributed by atoms with E-state index in [2.05, 4.69) is 10.6 Å². The monoisotopic (exact) mass is 489 g/mol. The zero-order valence-electron chi connectivity index (χ0n) is 18.7. The number of amides is 2. The molecule has 0 radical (unpaired) electrons. The zero-order chi connectivity index (χ0) is 24.7. The van der Waals surface area contributed by atoms with Crippen LogP contribution in [0.5, 0.6) is 0 Å². The molecule has 2 saturated heterocycles. The SMILES string of the molecule is C[C@@H](O)[C@H]1C(=O)N2C(C(=O)O)=C(SC3CCC(C(=O)Nc4cccc(C(=O)O)c4)NC3)[C@H](C)[C@H]12. The molecule has 0 saturated carbocycles. The van der Waals surface area contributed by atoms with Gasteiger partial charge < -0.3 is 30.9 Å². The molecule has 1 aromatic carbocycles. The molecule has 3 heterocycles. The number of carbonyl (C=O) groups is 4. The van der Waals surface area contributed by atoms with E-state index in [1.165, 1.54) is 28.8 Å². The number of piperidine rings is 1. The maximum atomic E-state index is 12.6. The van der Waals surface area contributed by atoms with Gasteiger partial charge in [-0.2, -0.15) is 0 Å². The predicted octanol–water partition coefficient (Wildman–Crippen LogP) is 1.33. The fraction of sp³-hybridized carbons (Fsp3) is 0.478. The van der Waals surface area contributed by atoms with Crippen LogP contribution in [0.3, 0.4) is 0 Å². The van der Waals surface area contributed by atoms with E-state index in [0.717, 1.165) is 0 Å². The fourth-order valence-corrected chi connectivity index (χ4v) is 6.42. The minimum Gasteiger partial charge on any atom is -0.478 e. The molecule has 2 fully saturated rings. The Balaban J connectivity index is 1.38. The average molecular weight is 490 g/mol. The third-order valence-electron chi connectivity index (χ3n) is 6.67. The number of β-lactam (4-membered cyclic amide) rings is 1. The standard InChI is InChI=1S/C23H27N3O7S/c1-10-17-16(11(2)27)21(29)26(17)18(23(32)33)19(10)34-14-6-7-15(24-9-14)20(28)25-13-5-3-4-12(8-13)22(30)31/h3-5,8,10-11,14-17,24,27H,6-7,9H2,1-2H3,(H,25,28)(H,30,31)(H,32,33)/t10-,11-,14?,15?,16-,17-/m1/s1. The van der Waals surface area contributed by atoms with Gasteiger partial charge in [0.15, 0.2) is 0 Å². The van der Waals surface area contributed by atoms with Crippen LogP contribution in [-0.4, -0.2) is 74.0 Å². The van der Waals surface area contributed by atoms with Gasteiger partial charge in [-0.15, -0.1) is 11.8 Å². The zero-order valence-corrected chi connectivity index (χ0v) is 19.5. The van der Waals surface area contributed by atoms with Crippen LogP contribution >= 0.6 is 11.8 Å². The van der Waals surface area contributed by atoms with Crippen LogP contribution in [0.25, 0.3) is 0 Å². The smallest absolute Gasteiger partial charge is 0.353 e. The third kappa shape index (κ3) is 4.30. The molecule has 3 aliphatic heterocycles. The first-order valence-electron chi connectivity index (χ1n) is 11.1. The van der Waals surface area contributed by atoms with Gasteiger partial charge in [0.25, 0.3) is 0 Å². The van der Waals surface area contributed by atoms with Crippen LogP contribution in [0.4, 0.5) is 5.69 Å². The second kappa shape index (κ2) is 9.40. The van der Waals surface area contributed by atoms with Crippen LogP contribution in [0.15, 0.2) is 34.9 Å². The van der Waals surface area contributed by atoms with Gasteiger partial charge in [0.2, 0.25) is 11.8 Å². The van der Waals surface area contributed by atoms with E-state index in [-0.39, 0.29) is 40.3 Å². The summed E-state index contributed by atoms with van der Waals surface area (Å²) in [5, 5.41) is 34.8. The molecule has 0 aromatic heterocycles. The molecule has 0 spiro atoms. The molecule has 4 rings (SSSR count). The number of benzene rings is 1. The number of rotatable bonds is 7. The number of aliphatic carboxylic acids is 1. The van der Waals surface area contributed by atoms with E-state index in [1.54, 1.807) is 19.1 Å². The number of fused-ring (bicyclic) bond motifs is 1. The number of carboxylic acids is 2. The second-order valence-electron chi connectivity index (χ2n) is 8.93. The lowest BCUT2D eigenvalue weighted by atomic mass is 9.79. The van der Waals surface area contributed by atoms with Crippen LogP contribution in [0.1, 0.15) is 37.0 Å². The fourth-order valence-electron chi connectivity index (χ4n) is 4.97. The molecule has 0 bridgehead atoms. The lowest BCUT2D eigenvalue weighted by Crippen LogP contribution is -2.63. The molecule has 10 nitrogen and oxygen atoms in total. The van der Waals surface area contributed by atoms with Gasteiger partial charge in [-0.1, -0.05) is 13.0 Å². The van der Waals surface area contributed by atoms with E-state index in [9.17, 15) is 29.4 Å². The van der Waals surface area contributed by atoms with Crippen molar-refractivity contribution in [2.45, 2.75) is 50.1 Å². The maximum Gasteiger partial charge on any atom is 0.353 e. The number of carbonyl (C=O) groups excluding carboxylic acids is 2. The molecule has 3 aliphatic rings. The van der Waals surface area contributed by atoms with E-state index < -0.39 is 30.0 Å². The normalized spacial score (nSPS) is 29.3. The number of hydrogen-bond acceptors (Lipinski definition) is 7. The van der Waals surface area contributed by atoms with Crippen LogP contribution < -0.4 is 10.6 Å². The van der Waals surface area contributed by atoms with E-state index in [0.29, 0.717) is 30.0 Å². The van der Waals surface area contributed by atoms with Crippen molar-refractivity contribution >= 4 is 41.2 Å². The molecule has 182 valence electrons. The molecule has 2 unspecified atom stereocenters. The Morgan fingerprint density at radius 2 is 1.94 bits per heavy atom. The van der Waals surface area contributed by atoms with E-state index in [1.807, 2.05) is 6.92 Å². The molecule has 5 N–H and O–H groups in total. The predicted molar refractivity (Wildman–Crippen MR) is 124 cm³/mol. The number of carboxylic acid groups (broad SMARTS) is 2. The minimum absolute atomic E-state index is 0.00239. The van der Waals surface area contributed by atoms with Crippen LogP contribution in [0, 0.1) is 11.8 Å². The van der Waals surface area contributed by atoms with Gasteiger partial charge in [0.05, 0.1) is 29.7 Å². The highest BCUT2D eigenvalue weighted by Gasteiger charge is 2.60. The van der Waals surface area contributed by atoms with Crippen molar-refractivity contribution in [1.29, 1.82) is 0 Å². The first-order valence-corrected chi connectivity index (χ1v) is 12.0. The number of nitrogens with one attached hydrogen (secondary N) is 2. The van der Waals surface area contributed by atoms with Crippen molar-refractivity contribution in [2.24, 2.45) is 11.8 Å². The van der Waals surface area contributed by atoms with Crippen LogP contribution in [0.2, 0.25) is 0 Å². The summed E-state index contributed by atoms with van der Waals surface area (Å²) in [6, 6.07) is 5.22. The summed E-state index contributed by atoms with van der Waals surface area (Å²) in [6.45, 7) is 3.90. The number of anilines is 1. The largest absolute Gasteiger partial charge is 0.478 e. The maximum absolute atomic E-state index is 12.6. The summed E-state index contributed by atoms with van der Waals surface area (Å²) < 4.78 is 0. The lowest BCUT2D eigenvalue weighted by Gasteiger charge is -2.46. The van der Waals surface area contributed by atoms with Crippen molar-refractivity contribution in [3.05, 3.63) is 40.4 Å². The molecule has 0 aliphatic carbocycles. The van der Waals surface area contributed by atoms with Gasteiger partial charge in [-0.25, -0.2) is 9.59 Å². The Bertz CT molecular complexity index is 1060. The Morgan fingerprint density at radius 1 is 1.21 bits per heavy atom. The Hall–Kier alpha value is -2.89. The first-order chi connectivity index (χ1) is 16.1. The highest BCUT2D eigenvalue weighted by molar-refractivity contribution is 8.03. The van der Waals surface area contributed by atoms with Gasteiger partial charge in [-0.3, -0.25) is 9.59 Å². The Morgan fingerprint density at radius 3 is 2.53 bits per heavy atom. The van der Waals surface area contributed by atoms with E-state index >= 15 is 0 Å². The topological polar surface area (TPSA) is 156 Å². The summed E-state index contributed by atoms with van der Waals surface area (Å²) in [5.74, 6) is -3.64. The molecular formula is C23H27N3O7S. The molecule has 6 atom stereocenters. The first kappa shape index (κ1) is 24.2. The summed E-state index contributed by atoms with van der Waals surface area (Å²) in [5.41, 5.74) is 0.490. The summed E-state index contributed by atoms with van der Waals surface area (Å²) in [4.78, 5) is 50.1. The van der Waals surface area contributed by atoms with Crippen molar-refractivity contribution < 1.29 is 34.5 Å². The highest BCUT2D eigenvalue weighted by Crippen LogP contribution is 2.51. The number of aliphatic hydroxyl groups excluding tert-OH is 1. The lowest BCUT2D eigenvalue weighted by molar-refractivity contribution is -0.163. The Kier molecular flexibility index (Phi) is 6.70. The summed E-state index contributed by atoms with van der Waals surface area (Å²) in [6.07, 6.45) is 0.337. The number of nitrogens with zero attached hydrogens (tertiary/aromatic N) is 1. The van der Waals surface area contributed by atoms with Gasteiger partial charge in [-0.05, 0) is 38.0 Å².